The van der Waals surface area contributed by atoms with Crippen LogP contribution in [-0.2, 0) is 0 Å². The van der Waals surface area contributed by atoms with Crippen molar-refractivity contribution >= 4 is 67.5 Å². The highest BCUT2D eigenvalue weighted by Crippen LogP contribution is 2.28. The number of amides is 1. The number of anilines is 1. The van der Waals surface area contributed by atoms with Gasteiger partial charge in [-0.1, -0.05) is 29.3 Å². The molecule has 0 saturated carbocycles. The first-order valence-electron chi connectivity index (χ1n) is 9.43. The number of hydrogen-bond acceptors (Lipinski definition) is 5. The van der Waals surface area contributed by atoms with Crippen molar-refractivity contribution < 1.29 is 9.53 Å². The van der Waals surface area contributed by atoms with Crippen LogP contribution in [0.15, 0.2) is 59.1 Å². The van der Waals surface area contributed by atoms with Crippen molar-refractivity contribution in [3.8, 4) is 11.4 Å². The van der Waals surface area contributed by atoms with Crippen molar-refractivity contribution in [3.05, 3.63) is 75.2 Å². The van der Waals surface area contributed by atoms with Gasteiger partial charge in [0, 0.05) is 5.56 Å². The molecule has 1 aromatic heterocycles. The van der Waals surface area contributed by atoms with Crippen molar-refractivity contribution in [2.24, 2.45) is 0 Å². The first-order valence-corrected chi connectivity index (χ1v) is 11.0. The Morgan fingerprint density at radius 3 is 2.44 bits per heavy atom. The average molecular weight is 531 g/mol. The highest BCUT2D eigenvalue weighted by Gasteiger charge is 2.14. The van der Waals surface area contributed by atoms with Crippen molar-refractivity contribution in [2.45, 2.75) is 6.92 Å². The fraction of sp³-hybridized carbons (Fsp3) is 0.0909. The van der Waals surface area contributed by atoms with Gasteiger partial charge in [-0.05, 0) is 77.5 Å². The topological polar surface area (TPSA) is 81.1 Å². The number of benzene rings is 3. The van der Waals surface area contributed by atoms with E-state index in [2.05, 4.69) is 36.8 Å². The number of nitrogens with one attached hydrogen (secondary N) is 2. The molecular weight excluding hydrogens is 514 g/mol. The third-order valence-electron chi connectivity index (χ3n) is 4.62. The summed E-state index contributed by atoms with van der Waals surface area (Å²) in [4.78, 5) is 14.1. The minimum atomic E-state index is -0.367. The van der Waals surface area contributed by atoms with E-state index in [9.17, 15) is 4.79 Å². The Bertz CT molecular complexity index is 1340. The number of ether oxygens (including phenoxy) is 1. The Labute approximate surface area is 202 Å². The van der Waals surface area contributed by atoms with Gasteiger partial charge in [0.1, 0.15) is 16.8 Å². The standard InChI is InChI=1S/C22H17BrClN5O2S/c1-12-3-6-14(7-4-12)29-27-18-10-16(24)17(11-19(18)28-29)25-22(32)26-21(30)13-5-8-20(31-2)15(23)9-13/h3-11H,1-2H3,(H2,25,26,30,32). The molecule has 0 aliphatic carbocycles. The zero-order valence-corrected chi connectivity index (χ0v) is 20.2. The van der Waals surface area contributed by atoms with Gasteiger partial charge in [0.15, 0.2) is 5.11 Å². The number of methoxy groups -OCH3 is 1. The lowest BCUT2D eigenvalue weighted by atomic mass is 10.2. The zero-order chi connectivity index (χ0) is 22.8. The van der Waals surface area contributed by atoms with Crippen LogP contribution in [0.1, 0.15) is 15.9 Å². The average Bonchev–Trinajstić information content (AvgIpc) is 3.17. The summed E-state index contributed by atoms with van der Waals surface area (Å²) >= 11 is 15.1. The third kappa shape index (κ3) is 4.74. The van der Waals surface area contributed by atoms with Crippen molar-refractivity contribution in [1.82, 2.24) is 20.3 Å². The molecule has 0 radical (unpaired) electrons. The molecule has 4 rings (SSSR count). The number of halogens is 2. The number of hydrogen-bond donors (Lipinski definition) is 2. The second kappa shape index (κ2) is 9.23. The van der Waals surface area contributed by atoms with Gasteiger partial charge in [0.25, 0.3) is 5.91 Å². The summed E-state index contributed by atoms with van der Waals surface area (Å²) in [5.74, 6) is 0.259. The Hall–Kier alpha value is -3.01. The number of aryl methyl sites for hydroxylation is 1. The SMILES string of the molecule is COc1ccc(C(=O)NC(=S)Nc2cc3nn(-c4ccc(C)cc4)nc3cc2Cl)cc1Br. The summed E-state index contributed by atoms with van der Waals surface area (Å²) in [7, 11) is 1.55. The fourth-order valence-corrected chi connectivity index (χ4v) is 3.91. The van der Waals surface area contributed by atoms with Gasteiger partial charge >= 0.3 is 0 Å². The number of carbonyl (C=O) groups excluding carboxylic acids is 1. The Morgan fingerprint density at radius 1 is 1.09 bits per heavy atom. The minimum Gasteiger partial charge on any atom is -0.496 e. The molecule has 162 valence electrons. The van der Waals surface area contributed by atoms with Gasteiger partial charge in [0.2, 0.25) is 0 Å². The lowest BCUT2D eigenvalue weighted by Crippen LogP contribution is -2.34. The minimum absolute atomic E-state index is 0.106. The maximum atomic E-state index is 12.5. The van der Waals surface area contributed by atoms with Gasteiger partial charge in [-0.15, -0.1) is 10.2 Å². The molecule has 0 fully saturated rings. The number of carbonyl (C=O) groups is 1. The Kier molecular flexibility index (Phi) is 6.40. The van der Waals surface area contributed by atoms with Crippen LogP contribution in [0.3, 0.4) is 0 Å². The van der Waals surface area contributed by atoms with Gasteiger partial charge in [-0.3, -0.25) is 10.1 Å². The quantitative estimate of drug-likeness (QED) is 0.350. The van der Waals surface area contributed by atoms with E-state index < -0.39 is 0 Å². The Balaban J connectivity index is 1.51. The molecule has 1 heterocycles. The van der Waals surface area contributed by atoms with Crippen molar-refractivity contribution in [2.75, 3.05) is 12.4 Å². The number of rotatable bonds is 4. The smallest absolute Gasteiger partial charge is 0.257 e. The largest absolute Gasteiger partial charge is 0.496 e. The van der Waals surface area contributed by atoms with Crippen LogP contribution in [0.4, 0.5) is 5.69 Å². The summed E-state index contributed by atoms with van der Waals surface area (Å²) in [5.41, 5.74) is 4.19. The van der Waals surface area contributed by atoms with E-state index in [4.69, 9.17) is 28.6 Å². The molecular formula is C22H17BrClN5O2S. The van der Waals surface area contributed by atoms with E-state index in [1.165, 1.54) is 0 Å². The van der Waals surface area contributed by atoms with Gasteiger partial charge in [0.05, 0.1) is 28.0 Å². The molecule has 0 aliphatic rings. The second-order valence-corrected chi connectivity index (χ2v) is 8.57. The predicted octanol–water partition coefficient (Wildman–Crippen LogP) is 5.28. The van der Waals surface area contributed by atoms with E-state index >= 15 is 0 Å². The molecule has 4 aromatic rings. The molecule has 0 bridgehead atoms. The van der Waals surface area contributed by atoms with Crippen LogP contribution in [0.5, 0.6) is 5.75 Å². The van der Waals surface area contributed by atoms with Crippen LogP contribution in [0, 0.1) is 6.92 Å². The molecule has 0 saturated heterocycles. The molecule has 10 heteroatoms. The number of nitrogens with zero attached hydrogens (tertiary/aromatic N) is 3. The Morgan fingerprint density at radius 2 is 1.78 bits per heavy atom. The molecule has 3 aromatic carbocycles. The third-order valence-corrected chi connectivity index (χ3v) is 5.76. The highest BCUT2D eigenvalue weighted by atomic mass is 79.9. The van der Waals surface area contributed by atoms with Crippen LogP contribution < -0.4 is 15.4 Å². The summed E-state index contributed by atoms with van der Waals surface area (Å²) in [6.07, 6.45) is 0. The monoisotopic (exact) mass is 529 g/mol. The van der Waals surface area contributed by atoms with Crippen LogP contribution >= 0.6 is 39.7 Å². The highest BCUT2D eigenvalue weighted by molar-refractivity contribution is 9.10. The summed E-state index contributed by atoms with van der Waals surface area (Å²) in [6.45, 7) is 2.02. The first kappa shape index (κ1) is 22.2. The molecule has 2 N–H and O–H groups in total. The number of thiocarbonyl (C=S) groups is 1. The van der Waals surface area contributed by atoms with Crippen molar-refractivity contribution in [1.29, 1.82) is 0 Å². The van der Waals surface area contributed by atoms with Crippen LogP contribution in [0.25, 0.3) is 16.7 Å². The van der Waals surface area contributed by atoms with Crippen LogP contribution in [-0.4, -0.2) is 33.1 Å². The predicted molar refractivity (Wildman–Crippen MR) is 133 cm³/mol. The fourth-order valence-electron chi connectivity index (χ4n) is 2.96. The number of fused-ring (bicyclic) bond motifs is 1. The van der Waals surface area contributed by atoms with Crippen LogP contribution in [0.2, 0.25) is 5.02 Å². The molecule has 32 heavy (non-hydrogen) atoms. The van der Waals surface area contributed by atoms with E-state index in [1.807, 2.05) is 31.2 Å². The molecule has 1 amide bonds. The summed E-state index contributed by atoms with van der Waals surface area (Å²) in [6, 6.07) is 16.3. The van der Waals surface area contributed by atoms with Gasteiger partial charge < -0.3 is 10.1 Å². The molecule has 0 unspecified atom stereocenters. The second-order valence-electron chi connectivity index (χ2n) is 6.90. The maximum Gasteiger partial charge on any atom is 0.257 e. The van der Waals surface area contributed by atoms with Crippen molar-refractivity contribution in [3.63, 3.8) is 0 Å². The van der Waals surface area contributed by atoms with E-state index in [1.54, 1.807) is 42.2 Å². The van der Waals surface area contributed by atoms with Gasteiger partial charge in [-0.25, -0.2) is 0 Å². The summed E-state index contributed by atoms with van der Waals surface area (Å²) < 4.78 is 5.84. The number of aromatic nitrogens is 3. The lowest BCUT2D eigenvalue weighted by molar-refractivity contribution is 0.0977. The molecule has 0 spiro atoms. The molecule has 7 nitrogen and oxygen atoms in total. The normalized spacial score (nSPS) is 10.8. The zero-order valence-electron chi connectivity index (χ0n) is 17.0. The molecule has 0 atom stereocenters. The van der Waals surface area contributed by atoms with E-state index in [0.29, 0.717) is 37.5 Å². The first-order chi connectivity index (χ1) is 15.3. The maximum absolute atomic E-state index is 12.5. The summed E-state index contributed by atoms with van der Waals surface area (Å²) in [5, 5.41) is 15.1. The van der Waals surface area contributed by atoms with E-state index in [-0.39, 0.29) is 11.0 Å². The van der Waals surface area contributed by atoms with E-state index in [0.717, 1.165) is 11.3 Å². The molecule has 0 aliphatic heterocycles. The lowest BCUT2D eigenvalue weighted by Gasteiger charge is -2.11. The van der Waals surface area contributed by atoms with Gasteiger partial charge in [-0.2, -0.15) is 4.80 Å².